The van der Waals surface area contributed by atoms with Crippen LogP contribution in [0.4, 0.5) is 52.7 Å². The van der Waals surface area contributed by atoms with Crippen molar-refractivity contribution in [3.63, 3.8) is 0 Å². The third-order valence-corrected chi connectivity index (χ3v) is 6.66. The number of alkyl halides is 12. The first-order valence-corrected chi connectivity index (χ1v) is 11.7. The lowest BCUT2D eigenvalue weighted by Gasteiger charge is -2.42. The average molecular weight is 622 g/mol. The molecule has 0 aliphatic carbocycles. The molecule has 0 spiro atoms. The monoisotopic (exact) mass is 622 g/mol. The Balaban J connectivity index is 3.69. The summed E-state index contributed by atoms with van der Waals surface area (Å²) in [5.74, 6) is 0. The minimum absolute atomic E-state index is 0.120. The van der Waals surface area contributed by atoms with Gasteiger partial charge in [-0.2, -0.15) is 52.7 Å². The largest absolute Gasteiger partial charge is 0.428 e. The molecule has 0 heterocycles. The number of benzene rings is 1. The molecule has 2 atom stereocenters. The van der Waals surface area contributed by atoms with Crippen LogP contribution in [0.15, 0.2) is 24.8 Å². The number of ether oxygens (including phenoxy) is 2. The fourth-order valence-electron chi connectivity index (χ4n) is 4.00. The first-order valence-electron chi connectivity index (χ1n) is 11.7. The van der Waals surface area contributed by atoms with Crippen molar-refractivity contribution in [2.45, 2.75) is 108 Å². The van der Waals surface area contributed by atoms with E-state index < -0.39 is 59.3 Å². The van der Waals surface area contributed by atoms with Crippen molar-refractivity contribution in [1.82, 2.24) is 0 Å². The van der Waals surface area contributed by atoms with Crippen LogP contribution in [0.25, 0.3) is 5.57 Å². The van der Waals surface area contributed by atoms with Crippen LogP contribution < -0.4 is 0 Å². The quantitative estimate of drug-likeness (QED) is 0.277. The van der Waals surface area contributed by atoms with E-state index in [0.29, 0.717) is 13.8 Å². The lowest BCUT2D eigenvalue weighted by molar-refractivity contribution is -0.399. The predicted molar refractivity (Wildman–Crippen MR) is 122 cm³/mol. The molecule has 0 saturated carbocycles. The van der Waals surface area contributed by atoms with Crippen LogP contribution in [-0.2, 0) is 20.7 Å². The van der Waals surface area contributed by atoms with E-state index in [-0.39, 0.29) is 22.3 Å². The average Bonchev–Trinajstić information content (AvgIpc) is 2.73. The Morgan fingerprint density at radius 1 is 0.610 bits per heavy atom. The number of rotatable bonds is 9. The Morgan fingerprint density at radius 3 is 1.05 bits per heavy atom. The van der Waals surface area contributed by atoms with Crippen molar-refractivity contribution in [2.24, 2.45) is 0 Å². The third-order valence-electron chi connectivity index (χ3n) is 6.66. The third kappa shape index (κ3) is 6.96. The van der Waals surface area contributed by atoms with Gasteiger partial charge < -0.3 is 19.7 Å². The molecule has 2 unspecified atom stereocenters. The lowest BCUT2D eigenvalue weighted by Crippen LogP contribution is -2.65. The Hall–Kier alpha value is -2.04. The molecule has 16 heteroatoms. The van der Waals surface area contributed by atoms with Gasteiger partial charge in [-0.3, -0.25) is 0 Å². The van der Waals surface area contributed by atoms with Crippen LogP contribution in [0, 0.1) is 0 Å². The van der Waals surface area contributed by atoms with Gasteiger partial charge >= 0.3 is 24.7 Å². The Morgan fingerprint density at radius 2 is 0.854 bits per heavy atom. The fourth-order valence-corrected chi connectivity index (χ4v) is 4.00. The van der Waals surface area contributed by atoms with Crippen molar-refractivity contribution in [1.29, 1.82) is 0 Å². The molecule has 0 aliphatic heterocycles. The van der Waals surface area contributed by atoms with Crippen LogP contribution in [0.3, 0.4) is 0 Å². The highest BCUT2D eigenvalue weighted by molar-refractivity contribution is 5.63. The normalized spacial score (nSPS) is 16.5. The summed E-state index contributed by atoms with van der Waals surface area (Å²) in [5.41, 5.74) is -14.8. The second-order valence-corrected chi connectivity index (χ2v) is 10.6. The summed E-state index contributed by atoms with van der Waals surface area (Å²) in [5, 5.41) is 19.4. The smallest absolute Gasteiger partial charge is 0.372 e. The van der Waals surface area contributed by atoms with Gasteiger partial charge in [0.15, 0.2) is 0 Å². The molecule has 41 heavy (non-hydrogen) atoms. The molecule has 238 valence electrons. The van der Waals surface area contributed by atoms with Crippen LogP contribution in [-0.4, -0.2) is 58.3 Å². The first-order chi connectivity index (χ1) is 17.8. The van der Waals surface area contributed by atoms with Crippen molar-refractivity contribution in [2.75, 3.05) is 0 Å². The molecule has 0 fully saturated rings. The second-order valence-electron chi connectivity index (χ2n) is 10.6. The van der Waals surface area contributed by atoms with Crippen molar-refractivity contribution < 1.29 is 72.4 Å². The second kappa shape index (κ2) is 10.9. The van der Waals surface area contributed by atoms with E-state index in [1.807, 2.05) is 0 Å². The molecular weight excluding hydrogens is 592 g/mol. The highest BCUT2D eigenvalue weighted by atomic mass is 19.4. The van der Waals surface area contributed by atoms with Gasteiger partial charge in [-0.15, -0.1) is 0 Å². The summed E-state index contributed by atoms with van der Waals surface area (Å²) < 4.78 is 170. The van der Waals surface area contributed by atoms with Crippen molar-refractivity contribution in [3.05, 3.63) is 41.5 Å². The molecule has 0 radical (unpaired) electrons. The van der Waals surface area contributed by atoms with Crippen LogP contribution in [0.5, 0.6) is 0 Å². The Bertz CT molecular complexity index is 994. The number of hydrogen-bond acceptors (Lipinski definition) is 4. The first kappa shape index (κ1) is 37.0. The van der Waals surface area contributed by atoms with E-state index in [1.54, 1.807) is 0 Å². The van der Waals surface area contributed by atoms with E-state index in [0.717, 1.165) is 33.8 Å². The highest BCUT2D eigenvalue weighted by Gasteiger charge is 2.75. The predicted octanol–water partition coefficient (Wildman–Crippen LogP) is 7.71. The molecule has 0 amide bonds. The number of aliphatic hydroxyl groups is 2. The van der Waals surface area contributed by atoms with E-state index >= 15 is 0 Å². The summed E-state index contributed by atoms with van der Waals surface area (Å²) >= 11 is 0. The van der Waals surface area contributed by atoms with Gasteiger partial charge in [0, 0.05) is 0 Å². The number of halogens is 12. The lowest BCUT2D eigenvalue weighted by atomic mass is 9.86. The zero-order chi connectivity index (χ0) is 33.0. The highest BCUT2D eigenvalue weighted by Crippen LogP contribution is 2.49. The molecule has 0 aromatic heterocycles. The minimum atomic E-state index is -6.22. The molecule has 0 bridgehead atoms. The minimum Gasteiger partial charge on any atom is -0.372 e. The maximum atomic E-state index is 13.3. The Kier molecular flexibility index (Phi) is 9.84. The van der Waals surface area contributed by atoms with Crippen LogP contribution in [0.1, 0.15) is 65.2 Å². The number of hydrogen-bond donors (Lipinski definition) is 2. The maximum absolute atomic E-state index is 13.3. The topological polar surface area (TPSA) is 58.9 Å². The Labute approximate surface area is 227 Å². The van der Waals surface area contributed by atoms with Gasteiger partial charge in [-0.05, 0) is 77.3 Å². The summed E-state index contributed by atoms with van der Waals surface area (Å²) in [6.45, 7) is 9.83. The molecule has 0 aliphatic rings. The number of allylic oxidation sites excluding steroid dienone is 1. The van der Waals surface area contributed by atoms with Crippen molar-refractivity contribution in [3.8, 4) is 0 Å². The van der Waals surface area contributed by atoms with Crippen molar-refractivity contribution >= 4 is 5.57 Å². The summed E-state index contributed by atoms with van der Waals surface area (Å²) in [6.07, 6.45) is -30.8. The van der Waals surface area contributed by atoms with E-state index in [2.05, 4.69) is 6.58 Å². The molecule has 1 aromatic carbocycles. The molecule has 4 nitrogen and oxygen atoms in total. The van der Waals surface area contributed by atoms with Crippen LogP contribution in [0.2, 0.25) is 0 Å². The fraction of sp³-hybridized carbons (Fsp3) is 0.680. The van der Waals surface area contributed by atoms with E-state index in [9.17, 15) is 62.9 Å². The van der Waals surface area contributed by atoms with E-state index in [4.69, 9.17) is 9.47 Å². The molecule has 1 aromatic rings. The molecule has 2 N–H and O–H groups in total. The molecule has 1 rings (SSSR count). The van der Waals surface area contributed by atoms with Gasteiger partial charge in [-0.1, -0.05) is 18.2 Å². The zero-order valence-electron chi connectivity index (χ0n) is 22.8. The molecular formula is C25H30F12O4. The van der Waals surface area contributed by atoms with Gasteiger partial charge in [0.2, 0.25) is 0 Å². The summed E-state index contributed by atoms with van der Waals surface area (Å²) in [7, 11) is 0. The maximum Gasteiger partial charge on any atom is 0.428 e. The summed E-state index contributed by atoms with van der Waals surface area (Å²) in [6, 6.07) is 3.44. The van der Waals surface area contributed by atoms with Crippen LogP contribution >= 0.6 is 0 Å². The van der Waals surface area contributed by atoms with Gasteiger partial charge in [-0.25, -0.2) is 0 Å². The van der Waals surface area contributed by atoms with Gasteiger partial charge in [0.05, 0.1) is 11.2 Å². The van der Waals surface area contributed by atoms with Gasteiger partial charge in [0.25, 0.3) is 11.2 Å². The van der Waals surface area contributed by atoms with Gasteiger partial charge in [0.1, 0.15) is 12.2 Å². The summed E-state index contributed by atoms with van der Waals surface area (Å²) in [4.78, 5) is 0. The zero-order valence-corrected chi connectivity index (χ0v) is 22.8. The molecule has 0 saturated heterocycles. The van der Waals surface area contributed by atoms with E-state index in [1.165, 1.54) is 19.1 Å². The SMILES string of the molecule is C=C(C)c1cc(C(C)(C)OC(C)C(O)(C(F)(F)F)C(F)(F)F)cc(C(C)(C)OC(C)C(O)(C(F)(F)F)C(F)(F)F)c1. The standard InChI is InChI=1S/C25H30F12O4/c1-12(2)15-9-16(18(5,6)40-13(3)20(38,22(26,27)28)23(29,30)31)11-17(10-15)19(7,8)41-14(4)21(39,24(32,33)34)25(35,36)37/h9-11,13-14,38-39H,1H2,2-8H3.